The molecule has 134 valence electrons. The molecule has 0 aliphatic heterocycles. The summed E-state index contributed by atoms with van der Waals surface area (Å²) in [6, 6.07) is 10.2. The Balaban J connectivity index is 2.39. The van der Waals surface area contributed by atoms with Crippen LogP contribution in [0.5, 0.6) is 0 Å². The second-order valence-electron chi connectivity index (χ2n) is 5.50. The lowest BCUT2D eigenvalue weighted by Crippen LogP contribution is -2.31. The number of nitrogens with one attached hydrogen (secondary N) is 1. The molecule has 0 saturated carbocycles. The molecule has 1 amide bonds. The van der Waals surface area contributed by atoms with Crippen LogP contribution in [0.15, 0.2) is 47.4 Å². The number of rotatable bonds is 6. The van der Waals surface area contributed by atoms with Crippen LogP contribution < -0.4 is 5.32 Å². The lowest BCUT2D eigenvalue weighted by Gasteiger charge is -2.20. The minimum Gasteiger partial charge on any atom is -0.319 e. The van der Waals surface area contributed by atoms with Crippen LogP contribution in [0.25, 0.3) is 0 Å². The molecule has 0 radical (unpaired) electrons. The van der Waals surface area contributed by atoms with E-state index in [0.29, 0.717) is 18.7 Å². The first kappa shape index (κ1) is 19.1. The summed E-state index contributed by atoms with van der Waals surface area (Å²) in [7, 11) is -3.69. The summed E-state index contributed by atoms with van der Waals surface area (Å²) >= 11 is 0. The first-order chi connectivity index (χ1) is 11.8. The summed E-state index contributed by atoms with van der Waals surface area (Å²) in [5, 5.41) is 2.46. The zero-order valence-corrected chi connectivity index (χ0v) is 15.2. The molecule has 1 N–H and O–H groups in total. The number of amides is 1. The van der Waals surface area contributed by atoms with E-state index in [-0.39, 0.29) is 16.1 Å². The quantitative estimate of drug-likeness (QED) is 0.854. The first-order valence-electron chi connectivity index (χ1n) is 7.98. The van der Waals surface area contributed by atoms with Gasteiger partial charge < -0.3 is 5.32 Å². The molecule has 0 aromatic heterocycles. The molecule has 0 fully saturated rings. The molecule has 2 rings (SSSR count). The maximum atomic E-state index is 13.7. The number of aryl methyl sites for hydroxylation is 1. The van der Waals surface area contributed by atoms with Crippen LogP contribution in [0.1, 0.15) is 29.8 Å². The van der Waals surface area contributed by atoms with E-state index in [9.17, 15) is 17.6 Å². The first-order valence-corrected chi connectivity index (χ1v) is 9.42. The molecular weight excluding hydrogens is 343 g/mol. The van der Waals surface area contributed by atoms with Crippen LogP contribution in [-0.4, -0.2) is 31.7 Å². The molecule has 0 atom stereocenters. The van der Waals surface area contributed by atoms with Gasteiger partial charge in [0.1, 0.15) is 5.82 Å². The minimum absolute atomic E-state index is 0.0428. The highest BCUT2D eigenvalue weighted by molar-refractivity contribution is 7.89. The number of benzene rings is 2. The maximum absolute atomic E-state index is 13.7. The van der Waals surface area contributed by atoms with E-state index in [1.165, 1.54) is 34.6 Å². The fraction of sp³-hybridized carbons (Fsp3) is 0.278. The SMILES string of the molecule is CCN(CC)S(=O)(=O)c1cc(C(=O)Nc2ccccc2F)ccc1C. The number of nitrogens with zero attached hydrogens (tertiary/aromatic N) is 1. The fourth-order valence-corrected chi connectivity index (χ4v) is 4.19. The van der Waals surface area contributed by atoms with Crippen molar-refractivity contribution < 1.29 is 17.6 Å². The molecule has 2 aromatic rings. The lowest BCUT2D eigenvalue weighted by molar-refractivity contribution is 0.102. The largest absolute Gasteiger partial charge is 0.319 e. The van der Waals surface area contributed by atoms with Gasteiger partial charge in [0.2, 0.25) is 10.0 Å². The number of sulfonamides is 1. The van der Waals surface area contributed by atoms with Crippen molar-refractivity contribution in [2.24, 2.45) is 0 Å². The van der Waals surface area contributed by atoms with Gasteiger partial charge >= 0.3 is 0 Å². The molecule has 0 heterocycles. The topological polar surface area (TPSA) is 66.5 Å². The number of halogens is 1. The molecule has 0 saturated heterocycles. The highest BCUT2D eigenvalue weighted by atomic mass is 32.2. The number of carbonyl (C=O) groups is 1. The number of hydrogen-bond acceptors (Lipinski definition) is 3. The molecule has 0 bridgehead atoms. The number of para-hydroxylation sites is 1. The molecule has 2 aromatic carbocycles. The van der Waals surface area contributed by atoms with E-state index < -0.39 is 21.7 Å². The Morgan fingerprint density at radius 1 is 1.12 bits per heavy atom. The fourth-order valence-electron chi connectivity index (χ4n) is 2.48. The summed E-state index contributed by atoms with van der Waals surface area (Å²) < 4.78 is 40.5. The predicted molar refractivity (Wildman–Crippen MR) is 95.6 cm³/mol. The van der Waals surface area contributed by atoms with Crippen LogP contribution >= 0.6 is 0 Å². The van der Waals surface area contributed by atoms with Crippen LogP contribution in [0.4, 0.5) is 10.1 Å². The second-order valence-corrected chi connectivity index (χ2v) is 7.41. The molecule has 7 heteroatoms. The number of anilines is 1. The minimum atomic E-state index is -3.69. The standard InChI is InChI=1S/C18H21FN2O3S/c1-4-21(5-2)25(23,24)17-12-14(11-10-13(17)3)18(22)20-16-9-7-6-8-15(16)19/h6-12H,4-5H2,1-3H3,(H,20,22). The summed E-state index contributed by atoms with van der Waals surface area (Å²) in [5.74, 6) is -1.12. The number of hydrogen-bond donors (Lipinski definition) is 1. The van der Waals surface area contributed by atoms with Gasteiger partial charge in [0.25, 0.3) is 5.91 Å². The zero-order valence-electron chi connectivity index (χ0n) is 14.4. The Morgan fingerprint density at radius 3 is 2.36 bits per heavy atom. The smallest absolute Gasteiger partial charge is 0.255 e. The predicted octanol–water partition coefficient (Wildman–Crippen LogP) is 3.42. The Bertz CT molecular complexity index is 878. The van der Waals surface area contributed by atoms with Crippen LogP contribution in [0.3, 0.4) is 0 Å². The van der Waals surface area contributed by atoms with Crippen molar-refractivity contribution in [1.29, 1.82) is 0 Å². The molecular formula is C18H21FN2O3S. The second kappa shape index (κ2) is 7.76. The zero-order chi connectivity index (χ0) is 18.6. The monoisotopic (exact) mass is 364 g/mol. The van der Waals surface area contributed by atoms with Gasteiger partial charge in [-0.1, -0.05) is 32.0 Å². The summed E-state index contributed by atoms with van der Waals surface area (Å²) in [5.41, 5.74) is 0.746. The van der Waals surface area contributed by atoms with Gasteiger partial charge in [-0.15, -0.1) is 0 Å². The Hall–Kier alpha value is -2.25. The number of carbonyl (C=O) groups excluding carboxylic acids is 1. The summed E-state index contributed by atoms with van der Waals surface area (Å²) in [4.78, 5) is 12.5. The van der Waals surface area contributed by atoms with Gasteiger partial charge in [-0.05, 0) is 36.8 Å². The van der Waals surface area contributed by atoms with E-state index in [4.69, 9.17) is 0 Å². The Kier molecular flexibility index (Phi) is 5.92. The van der Waals surface area contributed by atoms with Crippen molar-refractivity contribution in [3.8, 4) is 0 Å². The van der Waals surface area contributed by atoms with Gasteiger partial charge in [0.05, 0.1) is 10.6 Å². The van der Waals surface area contributed by atoms with Crippen molar-refractivity contribution in [2.45, 2.75) is 25.7 Å². The van der Waals surface area contributed by atoms with E-state index >= 15 is 0 Å². The van der Waals surface area contributed by atoms with Gasteiger partial charge in [-0.2, -0.15) is 4.31 Å². The van der Waals surface area contributed by atoms with Crippen molar-refractivity contribution in [1.82, 2.24) is 4.31 Å². The van der Waals surface area contributed by atoms with Crippen LogP contribution in [-0.2, 0) is 10.0 Å². The van der Waals surface area contributed by atoms with Gasteiger partial charge in [0.15, 0.2) is 0 Å². The third-order valence-electron chi connectivity index (χ3n) is 3.90. The molecule has 5 nitrogen and oxygen atoms in total. The normalized spacial score (nSPS) is 11.6. The van der Waals surface area contributed by atoms with Gasteiger partial charge in [0, 0.05) is 18.7 Å². The molecule has 25 heavy (non-hydrogen) atoms. The van der Waals surface area contributed by atoms with E-state index in [2.05, 4.69) is 5.32 Å². The molecule has 0 unspecified atom stereocenters. The maximum Gasteiger partial charge on any atom is 0.255 e. The lowest BCUT2D eigenvalue weighted by atomic mass is 10.1. The van der Waals surface area contributed by atoms with Crippen LogP contribution in [0.2, 0.25) is 0 Å². The van der Waals surface area contributed by atoms with Gasteiger partial charge in [-0.3, -0.25) is 4.79 Å². The van der Waals surface area contributed by atoms with Crippen molar-refractivity contribution in [3.05, 3.63) is 59.4 Å². The van der Waals surface area contributed by atoms with E-state index in [1.54, 1.807) is 32.9 Å². The third-order valence-corrected chi connectivity index (χ3v) is 6.09. The summed E-state index contributed by atoms with van der Waals surface area (Å²) in [6.45, 7) is 5.86. The molecule has 0 aliphatic carbocycles. The van der Waals surface area contributed by atoms with Crippen molar-refractivity contribution in [3.63, 3.8) is 0 Å². The highest BCUT2D eigenvalue weighted by Crippen LogP contribution is 2.22. The average Bonchev–Trinajstić information content (AvgIpc) is 2.58. The Labute approximate surface area is 147 Å². The van der Waals surface area contributed by atoms with Crippen LogP contribution in [0, 0.1) is 12.7 Å². The van der Waals surface area contributed by atoms with Gasteiger partial charge in [-0.25, -0.2) is 12.8 Å². The van der Waals surface area contributed by atoms with Crippen molar-refractivity contribution >= 4 is 21.6 Å². The Morgan fingerprint density at radius 2 is 1.76 bits per heavy atom. The third kappa shape index (κ3) is 4.05. The molecule has 0 aliphatic rings. The molecule has 0 spiro atoms. The van der Waals surface area contributed by atoms with E-state index in [1.807, 2.05) is 0 Å². The highest BCUT2D eigenvalue weighted by Gasteiger charge is 2.24. The average molecular weight is 364 g/mol. The van der Waals surface area contributed by atoms with E-state index in [0.717, 1.165) is 0 Å². The summed E-state index contributed by atoms with van der Waals surface area (Å²) in [6.07, 6.45) is 0. The van der Waals surface area contributed by atoms with Crippen molar-refractivity contribution in [2.75, 3.05) is 18.4 Å².